The van der Waals surface area contributed by atoms with Gasteiger partial charge in [-0.05, 0) is 40.2 Å². The Labute approximate surface area is 141 Å². The predicted molar refractivity (Wildman–Crippen MR) is 85.7 cm³/mol. The average Bonchev–Trinajstić information content (AvgIpc) is 3.21. The van der Waals surface area contributed by atoms with Gasteiger partial charge in [0.25, 0.3) is 0 Å². The van der Waals surface area contributed by atoms with Crippen molar-refractivity contribution in [3.8, 4) is 0 Å². The van der Waals surface area contributed by atoms with Gasteiger partial charge in [0, 0.05) is 18.2 Å². The van der Waals surface area contributed by atoms with Gasteiger partial charge in [-0.2, -0.15) is 4.98 Å². The summed E-state index contributed by atoms with van der Waals surface area (Å²) < 4.78 is 16.8. The third-order valence-corrected chi connectivity index (χ3v) is 5.28. The Balaban J connectivity index is 1.50. The van der Waals surface area contributed by atoms with Crippen molar-refractivity contribution in [2.24, 2.45) is 0 Å². The average molecular weight is 332 g/mol. The molecular weight excluding hydrogens is 308 g/mol. The lowest BCUT2D eigenvalue weighted by Gasteiger charge is -2.41. The van der Waals surface area contributed by atoms with E-state index in [4.69, 9.17) is 13.8 Å². The summed E-state index contributed by atoms with van der Waals surface area (Å²) in [6.45, 7) is 8.62. The Hall–Kier alpha value is -1.73. The number of ether oxygens (including phenoxy) is 1. The van der Waals surface area contributed by atoms with E-state index in [1.165, 1.54) is 19.3 Å². The number of hydrogen-bond acceptors (Lipinski definition) is 7. The van der Waals surface area contributed by atoms with Crippen molar-refractivity contribution in [3.63, 3.8) is 0 Å². The van der Waals surface area contributed by atoms with Crippen LogP contribution in [0, 0.1) is 13.8 Å². The van der Waals surface area contributed by atoms with E-state index in [1.807, 2.05) is 20.8 Å². The number of piperidine rings is 1. The highest BCUT2D eigenvalue weighted by molar-refractivity contribution is 5.29. The first-order chi connectivity index (χ1) is 11.6. The van der Waals surface area contributed by atoms with Crippen LogP contribution in [0.25, 0.3) is 0 Å². The molecule has 2 aliphatic rings. The lowest BCUT2D eigenvalue weighted by molar-refractivity contribution is -0.0805. The van der Waals surface area contributed by atoms with Gasteiger partial charge in [-0.25, -0.2) is 0 Å². The normalized spacial score (nSPS) is 26.3. The van der Waals surface area contributed by atoms with Gasteiger partial charge in [0.05, 0.1) is 18.2 Å². The molecule has 7 nitrogen and oxygen atoms in total. The fraction of sp³-hybridized carbons (Fsp3) is 0.706. The van der Waals surface area contributed by atoms with Crippen LogP contribution in [0.3, 0.4) is 0 Å². The summed E-state index contributed by atoms with van der Waals surface area (Å²) in [5.74, 6) is 1.99. The number of aromatic nitrogens is 3. The Bertz CT molecular complexity index is 691. The van der Waals surface area contributed by atoms with Crippen LogP contribution in [-0.2, 0) is 4.74 Å². The Kier molecular flexibility index (Phi) is 4.14. The maximum atomic E-state index is 6.01. The van der Waals surface area contributed by atoms with Crippen LogP contribution in [-0.4, -0.2) is 45.9 Å². The van der Waals surface area contributed by atoms with E-state index in [-0.39, 0.29) is 12.0 Å². The lowest BCUT2D eigenvalue weighted by Crippen LogP contribution is -2.49. The summed E-state index contributed by atoms with van der Waals surface area (Å²) in [5.41, 5.74) is 1.88. The highest BCUT2D eigenvalue weighted by atomic mass is 16.5. The molecule has 2 aromatic heterocycles. The monoisotopic (exact) mass is 332 g/mol. The van der Waals surface area contributed by atoms with Crippen molar-refractivity contribution < 1.29 is 13.8 Å². The minimum atomic E-state index is -0.103. The zero-order chi connectivity index (χ0) is 16.7. The van der Waals surface area contributed by atoms with Gasteiger partial charge in [-0.3, -0.25) is 4.90 Å². The second-order valence-corrected chi connectivity index (χ2v) is 6.92. The molecule has 0 radical (unpaired) electrons. The maximum Gasteiger partial charge on any atom is 0.234 e. The molecule has 4 rings (SSSR count). The molecule has 0 N–H and O–H groups in total. The summed E-state index contributed by atoms with van der Waals surface area (Å²) in [5, 5.41) is 8.19. The molecular formula is C17H24N4O3. The summed E-state index contributed by atoms with van der Waals surface area (Å²) in [6, 6.07) is 0.558. The van der Waals surface area contributed by atoms with E-state index >= 15 is 0 Å². The van der Waals surface area contributed by atoms with Crippen molar-refractivity contribution in [1.29, 1.82) is 0 Å². The summed E-state index contributed by atoms with van der Waals surface area (Å²) in [6.07, 6.45) is 3.70. The van der Waals surface area contributed by atoms with Crippen LogP contribution in [0.5, 0.6) is 0 Å². The van der Waals surface area contributed by atoms with Crippen LogP contribution in [0.2, 0.25) is 0 Å². The molecule has 7 heteroatoms. The number of fused-ring (bicyclic) bond motifs is 1. The zero-order valence-corrected chi connectivity index (χ0v) is 14.5. The molecule has 3 unspecified atom stereocenters. The summed E-state index contributed by atoms with van der Waals surface area (Å²) in [4.78, 5) is 7.12. The van der Waals surface area contributed by atoms with Gasteiger partial charge in [-0.1, -0.05) is 16.7 Å². The van der Waals surface area contributed by atoms with Crippen LogP contribution < -0.4 is 0 Å². The van der Waals surface area contributed by atoms with Crippen molar-refractivity contribution in [2.75, 3.05) is 19.7 Å². The van der Waals surface area contributed by atoms with E-state index in [9.17, 15) is 0 Å². The minimum absolute atomic E-state index is 0.0381. The van der Waals surface area contributed by atoms with E-state index in [0.717, 1.165) is 36.7 Å². The second-order valence-electron chi connectivity index (χ2n) is 6.92. The third-order valence-electron chi connectivity index (χ3n) is 5.28. The molecule has 0 aliphatic carbocycles. The fourth-order valence-electron chi connectivity index (χ4n) is 3.92. The van der Waals surface area contributed by atoms with Gasteiger partial charge < -0.3 is 13.8 Å². The van der Waals surface area contributed by atoms with Gasteiger partial charge in [0.2, 0.25) is 11.7 Å². The topological polar surface area (TPSA) is 77.4 Å². The van der Waals surface area contributed by atoms with Gasteiger partial charge in [-0.15, -0.1) is 0 Å². The maximum absolute atomic E-state index is 6.01. The van der Waals surface area contributed by atoms with E-state index in [1.54, 1.807) is 0 Å². The largest absolute Gasteiger partial charge is 0.367 e. The molecule has 2 aromatic rings. The first-order valence-corrected chi connectivity index (χ1v) is 8.75. The van der Waals surface area contributed by atoms with Gasteiger partial charge in [0.15, 0.2) is 0 Å². The van der Waals surface area contributed by atoms with Crippen LogP contribution in [0.4, 0.5) is 0 Å². The predicted octanol–water partition coefficient (Wildman–Crippen LogP) is 2.75. The third kappa shape index (κ3) is 2.75. The number of rotatable bonds is 3. The Morgan fingerprint density at radius 3 is 2.83 bits per heavy atom. The quantitative estimate of drug-likeness (QED) is 0.855. The number of aryl methyl sites for hydroxylation is 2. The minimum Gasteiger partial charge on any atom is -0.367 e. The molecule has 0 saturated carbocycles. The lowest BCUT2D eigenvalue weighted by atomic mass is 9.99. The van der Waals surface area contributed by atoms with Gasteiger partial charge >= 0.3 is 0 Å². The first-order valence-electron chi connectivity index (χ1n) is 8.75. The standard InChI is InChI=1S/C17H24N4O3/c1-10(15-11(2)19-23-12(15)3)17-18-16(20-24-17)14-8-21-7-5-4-6-13(21)9-22-14/h10,13-14H,4-9H2,1-3H3. The van der Waals surface area contributed by atoms with Crippen LogP contribution >= 0.6 is 0 Å². The van der Waals surface area contributed by atoms with Crippen LogP contribution in [0.1, 0.15) is 66.9 Å². The number of morpholine rings is 1. The number of nitrogens with zero attached hydrogens (tertiary/aromatic N) is 4. The second kappa shape index (κ2) is 6.29. The van der Waals surface area contributed by atoms with Crippen molar-refractivity contribution in [3.05, 3.63) is 28.7 Å². The van der Waals surface area contributed by atoms with E-state index in [2.05, 4.69) is 20.2 Å². The first kappa shape index (κ1) is 15.8. The highest BCUT2D eigenvalue weighted by Crippen LogP contribution is 2.31. The molecule has 2 aliphatic heterocycles. The molecule has 3 atom stereocenters. The zero-order valence-electron chi connectivity index (χ0n) is 14.5. The van der Waals surface area contributed by atoms with Crippen LogP contribution in [0.15, 0.2) is 9.05 Å². The van der Waals surface area contributed by atoms with Crippen molar-refractivity contribution >= 4 is 0 Å². The summed E-state index contributed by atoms with van der Waals surface area (Å²) in [7, 11) is 0. The SMILES string of the molecule is Cc1noc(C)c1C(C)c1nc(C2CN3CCCCC3CO2)no1. The molecule has 4 heterocycles. The smallest absolute Gasteiger partial charge is 0.234 e. The molecule has 130 valence electrons. The Morgan fingerprint density at radius 2 is 2.04 bits per heavy atom. The molecule has 24 heavy (non-hydrogen) atoms. The molecule has 0 aromatic carbocycles. The Morgan fingerprint density at radius 1 is 1.17 bits per heavy atom. The van der Waals surface area contributed by atoms with E-state index in [0.29, 0.717) is 17.8 Å². The van der Waals surface area contributed by atoms with Crippen molar-refractivity contribution in [1.82, 2.24) is 20.2 Å². The van der Waals surface area contributed by atoms with Crippen molar-refractivity contribution in [2.45, 2.75) is 58.1 Å². The molecule has 0 amide bonds. The van der Waals surface area contributed by atoms with E-state index < -0.39 is 0 Å². The van der Waals surface area contributed by atoms with Gasteiger partial charge in [0.1, 0.15) is 11.9 Å². The molecule has 2 saturated heterocycles. The summed E-state index contributed by atoms with van der Waals surface area (Å²) >= 11 is 0. The molecule has 2 fully saturated rings. The number of hydrogen-bond donors (Lipinski definition) is 0. The molecule has 0 bridgehead atoms. The fourth-order valence-corrected chi connectivity index (χ4v) is 3.92. The molecule has 0 spiro atoms. The highest BCUT2D eigenvalue weighted by Gasteiger charge is 2.34.